The van der Waals surface area contributed by atoms with Crippen molar-refractivity contribution >= 4 is 33.8 Å². The Morgan fingerprint density at radius 3 is 2.73 bits per heavy atom. The Hall–Kier alpha value is -2.80. The topological polar surface area (TPSA) is 76.7 Å². The molecule has 2 N–H and O–H groups in total. The lowest BCUT2D eigenvalue weighted by Gasteiger charge is -2.10. The van der Waals surface area contributed by atoms with Crippen molar-refractivity contribution in [3.63, 3.8) is 0 Å². The lowest BCUT2D eigenvalue weighted by molar-refractivity contribution is -0.117. The maximum atomic E-state index is 12.5. The van der Waals surface area contributed by atoms with Gasteiger partial charge in [-0.05, 0) is 48.9 Å². The Bertz CT molecular complexity index is 880. The first-order valence-electron chi connectivity index (χ1n) is 8.03. The number of amides is 2. The number of benzene rings is 2. The molecule has 0 saturated carbocycles. The molecule has 0 atom stereocenters. The summed E-state index contributed by atoms with van der Waals surface area (Å²) in [6.45, 7) is 2.43. The molecule has 0 aromatic heterocycles. The van der Waals surface area contributed by atoms with Gasteiger partial charge in [0.15, 0.2) is 11.5 Å². The predicted molar refractivity (Wildman–Crippen MR) is 101 cm³/mol. The molecule has 2 aromatic rings. The Morgan fingerprint density at radius 2 is 1.96 bits per heavy atom. The first kappa shape index (κ1) is 18.0. The molecule has 0 saturated heterocycles. The minimum Gasteiger partial charge on any atom is -0.454 e. The van der Waals surface area contributed by atoms with E-state index in [0.717, 1.165) is 4.47 Å². The van der Waals surface area contributed by atoms with Crippen molar-refractivity contribution in [1.82, 2.24) is 10.6 Å². The van der Waals surface area contributed by atoms with Gasteiger partial charge in [0.1, 0.15) is 5.70 Å². The van der Waals surface area contributed by atoms with Crippen molar-refractivity contribution in [1.29, 1.82) is 0 Å². The van der Waals surface area contributed by atoms with Crippen LogP contribution in [-0.2, 0) is 4.79 Å². The number of hydrogen-bond donors (Lipinski definition) is 2. The van der Waals surface area contributed by atoms with Crippen LogP contribution in [0.5, 0.6) is 11.5 Å². The highest BCUT2D eigenvalue weighted by Gasteiger charge is 2.16. The van der Waals surface area contributed by atoms with E-state index in [9.17, 15) is 9.59 Å². The van der Waals surface area contributed by atoms with Crippen LogP contribution in [0.3, 0.4) is 0 Å². The van der Waals surface area contributed by atoms with Crippen molar-refractivity contribution in [3.05, 3.63) is 63.8 Å². The zero-order chi connectivity index (χ0) is 18.5. The summed E-state index contributed by atoms with van der Waals surface area (Å²) in [7, 11) is 0. The fourth-order valence-electron chi connectivity index (χ4n) is 2.41. The van der Waals surface area contributed by atoms with Gasteiger partial charge in [0.05, 0.1) is 0 Å². The molecule has 0 unspecified atom stereocenters. The maximum Gasteiger partial charge on any atom is 0.267 e. The molecule has 134 valence electrons. The van der Waals surface area contributed by atoms with Gasteiger partial charge in [-0.15, -0.1) is 0 Å². The van der Waals surface area contributed by atoms with E-state index in [4.69, 9.17) is 9.47 Å². The number of hydrogen-bond acceptors (Lipinski definition) is 4. The highest BCUT2D eigenvalue weighted by atomic mass is 79.9. The zero-order valence-electron chi connectivity index (χ0n) is 14.0. The standard InChI is InChI=1S/C19H17BrN2O4/c1-2-21-19(24)15(22-18(23)13-4-3-5-14(20)10-13)8-12-6-7-16-17(9-12)26-11-25-16/h3-10H,2,11H2,1H3,(H,21,24)(H,22,23). The molecule has 0 aliphatic carbocycles. The molecule has 3 rings (SSSR count). The van der Waals surface area contributed by atoms with Gasteiger partial charge < -0.3 is 20.1 Å². The van der Waals surface area contributed by atoms with E-state index in [0.29, 0.717) is 29.2 Å². The summed E-state index contributed by atoms with van der Waals surface area (Å²) >= 11 is 3.33. The third-order valence-corrected chi connectivity index (χ3v) is 4.12. The van der Waals surface area contributed by atoms with Crippen LogP contribution in [0.1, 0.15) is 22.8 Å². The molecule has 1 aliphatic rings. The molecule has 7 heteroatoms. The molecule has 0 bridgehead atoms. The van der Waals surface area contributed by atoms with E-state index in [1.165, 1.54) is 0 Å². The molecule has 2 amide bonds. The Labute approximate surface area is 159 Å². The van der Waals surface area contributed by atoms with Crippen LogP contribution in [0.25, 0.3) is 6.08 Å². The van der Waals surface area contributed by atoms with Crippen LogP contribution in [0.15, 0.2) is 52.6 Å². The number of nitrogens with one attached hydrogen (secondary N) is 2. The number of halogens is 1. The fraction of sp³-hybridized carbons (Fsp3) is 0.158. The van der Waals surface area contributed by atoms with Crippen LogP contribution >= 0.6 is 15.9 Å². The Kier molecular flexibility index (Phi) is 5.58. The molecule has 0 spiro atoms. The molecule has 26 heavy (non-hydrogen) atoms. The maximum absolute atomic E-state index is 12.5. The highest BCUT2D eigenvalue weighted by Crippen LogP contribution is 2.33. The number of carbonyl (C=O) groups excluding carboxylic acids is 2. The second-order valence-corrected chi connectivity index (χ2v) is 6.41. The van der Waals surface area contributed by atoms with Gasteiger partial charge in [-0.1, -0.05) is 28.1 Å². The first-order chi connectivity index (χ1) is 12.6. The van der Waals surface area contributed by atoms with Gasteiger partial charge in [0.25, 0.3) is 11.8 Å². The lowest BCUT2D eigenvalue weighted by Crippen LogP contribution is -2.34. The monoisotopic (exact) mass is 416 g/mol. The van der Waals surface area contributed by atoms with Crippen molar-refractivity contribution in [2.45, 2.75) is 6.92 Å². The third kappa shape index (κ3) is 4.23. The number of fused-ring (bicyclic) bond motifs is 1. The van der Waals surface area contributed by atoms with Crippen molar-refractivity contribution in [2.24, 2.45) is 0 Å². The van der Waals surface area contributed by atoms with Gasteiger partial charge in [0.2, 0.25) is 6.79 Å². The van der Waals surface area contributed by atoms with Crippen LogP contribution in [-0.4, -0.2) is 25.2 Å². The summed E-state index contributed by atoms with van der Waals surface area (Å²) in [5.41, 5.74) is 1.31. The predicted octanol–water partition coefficient (Wildman–Crippen LogP) is 3.08. The minimum absolute atomic E-state index is 0.149. The van der Waals surface area contributed by atoms with Gasteiger partial charge in [-0.3, -0.25) is 9.59 Å². The summed E-state index contributed by atoms with van der Waals surface area (Å²) in [6.07, 6.45) is 1.60. The second-order valence-electron chi connectivity index (χ2n) is 5.49. The lowest BCUT2D eigenvalue weighted by atomic mass is 10.1. The van der Waals surface area contributed by atoms with Crippen LogP contribution < -0.4 is 20.1 Å². The molecule has 1 heterocycles. The van der Waals surface area contributed by atoms with Gasteiger partial charge in [0, 0.05) is 16.6 Å². The normalized spacial score (nSPS) is 12.6. The fourth-order valence-corrected chi connectivity index (χ4v) is 2.81. The van der Waals surface area contributed by atoms with Crippen LogP contribution in [0.2, 0.25) is 0 Å². The summed E-state index contributed by atoms with van der Waals surface area (Å²) in [5, 5.41) is 5.38. The number of likely N-dealkylation sites (N-methyl/N-ethyl adjacent to an activating group) is 1. The van der Waals surface area contributed by atoms with Crippen molar-refractivity contribution < 1.29 is 19.1 Å². The van der Waals surface area contributed by atoms with Crippen LogP contribution in [0.4, 0.5) is 0 Å². The molecular formula is C19H17BrN2O4. The Morgan fingerprint density at radius 1 is 1.15 bits per heavy atom. The minimum atomic E-state index is -0.371. The summed E-state index contributed by atoms with van der Waals surface area (Å²) in [5.74, 6) is 0.519. The summed E-state index contributed by atoms with van der Waals surface area (Å²) in [4.78, 5) is 24.9. The van der Waals surface area contributed by atoms with Gasteiger partial charge in [-0.2, -0.15) is 0 Å². The Balaban J connectivity index is 1.87. The van der Waals surface area contributed by atoms with Gasteiger partial charge in [-0.25, -0.2) is 0 Å². The SMILES string of the molecule is CCNC(=O)C(=Cc1ccc2c(c1)OCO2)NC(=O)c1cccc(Br)c1. The number of carbonyl (C=O) groups is 2. The van der Waals surface area contributed by atoms with Crippen molar-refractivity contribution in [2.75, 3.05) is 13.3 Å². The van der Waals surface area contributed by atoms with E-state index in [-0.39, 0.29) is 24.3 Å². The molecule has 0 fully saturated rings. The average Bonchev–Trinajstić information content (AvgIpc) is 3.09. The number of rotatable bonds is 5. The molecule has 1 aliphatic heterocycles. The average molecular weight is 417 g/mol. The number of ether oxygens (including phenoxy) is 2. The largest absolute Gasteiger partial charge is 0.454 e. The van der Waals surface area contributed by atoms with E-state index in [1.54, 1.807) is 42.5 Å². The van der Waals surface area contributed by atoms with Crippen LogP contribution in [0, 0.1) is 0 Å². The van der Waals surface area contributed by atoms with E-state index >= 15 is 0 Å². The third-order valence-electron chi connectivity index (χ3n) is 3.62. The zero-order valence-corrected chi connectivity index (χ0v) is 15.6. The molecule has 2 aromatic carbocycles. The van der Waals surface area contributed by atoms with E-state index < -0.39 is 0 Å². The second kappa shape index (κ2) is 8.05. The van der Waals surface area contributed by atoms with E-state index in [1.807, 2.05) is 13.0 Å². The smallest absolute Gasteiger partial charge is 0.267 e. The summed E-state index contributed by atoms with van der Waals surface area (Å²) in [6, 6.07) is 12.3. The van der Waals surface area contributed by atoms with Crippen molar-refractivity contribution in [3.8, 4) is 11.5 Å². The van der Waals surface area contributed by atoms with Gasteiger partial charge >= 0.3 is 0 Å². The first-order valence-corrected chi connectivity index (χ1v) is 8.82. The molecule has 6 nitrogen and oxygen atoms in total. The van der Waals surface area contributed by atoms with E-state index in [2.05, 4.69) is 26.6 Å². The molecule has 0 radical (unpaired) electrons. The quantitative estimate of drug-likeness (QED) is 0.734. The molecular weight excluding hydrogens is 400 g/mol. The summed E-state index contributed by atoms with van der Waals surface area (Å²) < 4.78 is 11.4. The highest BCUT2D eigenvalue weighted by molar-refractivity contribution is 9.10.